The van der Waals surface area contributed by atoms with Crippen LogP contribution in [0, 0.1) is 0 Å². The largest absolute Gasteiger partial charge is 0.445 e. The van der Waals surface area contributed by atoms with Crippen molar-refractivity contribution in [3.8, 4) is 0 Å². The quantitative estimate of drug-likeness (QED) is 0.682. The zero-order valence-corrected chi connectivity index (χ0v) is 15.5. The maximum Gasteiger partial charge on any atom is 0.411 e. The molecule has 0 N–H and O–H groups in total. The summed E-state index contributed by atoms with van der Waals surface area (Å²) in [6.07, 6.45) is 8.69. The van der Waals surface area contributed by atoms with Crippen LogP contribution in [0.2, 0.25) is 5.15 Å². The van der Waals surface area contributed by atoms with Gasteiger partial charge in [-0.15, -0.1) is 0 Å². The minimum absolute atomic E-state index is 0.206. The fraction of sp³-hybridized carbons (Fsp3) is 0.350. The maximum atomic E-state index is 13.0. The van der Waals surface area contributed by atoms with Crippen molar-refractivity contribution >= 4 is 23.2 Å². The van der Waals surface area contributed by atoms with E-state index in [2.05, 4.69) is 9.97 Å². The molecule has 7 heteroatoms. The molecule has 2 saturated heterocycles. The first-order valence-electron chi connectivity index (χ1n) is 9.17. The van der Waals surface area contributed by atoms with Crippen LogP contribution in [-0.2, 0) is 16.9 Å². The molecule has 0 aliphatic carbocycles. The summed E-state index contributed by atoms with van der Waals surface area (Å²) < 4.78 is 7.62. The van der Waals surface area contributed by atoms with E-state index in [1.165, 1.54) is 0 Å². The van der Waals surface area contributed by atoms with Gasteiger partial charge < -0.3 is 4.74 Å². The number of benzene rings is 1. The predicted octanol–water partition coefficient (Wildman–Crippen LogP) is 4.17. The van der Waals surface area contributed by atoms with Gasteiger partial charge in [-0.2, -0.15) is 0 Å². The molecular weight excluding hydrogens is 364 g/mol. The van der Waals surface area contributed by atoms with Gasteiger partial charge in [0.05, 0.1) is 6.20 Å². The molecule has 6 nitrogen and oxygen atoms in total. The zero-order chi connectivity index (χ0) is 18.4. The third-order valence-corrected chi connectivity index (χ3v) is 6.13. The van der Waals surface area contributed by atoms with Crippen molar-refractivity contribution < 1.29 is 9.53 Å². The summed E-state index contributed by atoms with van der Waals surface area (Å²) in [7, 11) is 0. The number of imidazole rings is 1. The number of carbonyl (C=O) groups excluding carboxylic acids is 1. The summed E-state index contributed by atoms with van der Waals surface area (Å²) in [5.41, 5.74) is 1.31. The average Bonchev–Trinajstić information content (AvgIpc) is 3.39. The molecule has 4 heterocycles. The Bertz CT molecular complexity index is 996. The molecule has 2 aromatic heterocycles. The van der Waals surface area contributed by atoms with Crippen LogP contribution in [0.5, 0.6) is 0 Å². The number of hydrogen-bond donors (Lipinski definition) is 0. The van der Waals surface area contributed by atoms with Gasteiger partial charge in [-0.3, -0.25) is 9.30 Å². The molecule has 2 fully saturated rings. The second kappa shape index (κ2) is 6.23. The molecule has 0 unspecified atom stereocenters. The molecule has 0 saturated carbocycles. The van der Waals surface area contributed by atoms with E-state index in [4.69, 9.17) is 16.3 Å². The molecule has 0 atom stereocenters. The lowest BCUT2D eigenvalue weighted by Crippen LogP contribution is -2.44. The van der Waals surface area contributed by atoms with Crippen LogP contribution in [0.4, 0.5) is 4.79 Å². The number of amides is 1. The Morgan fingerprint density at radius 2 is 2.00 bits per heavy atom. The number of nitrogens with zero attached hydrogens (tertiary/aromatic N) is 4. The lowest BCUT2D eigenvalue weighted by atomic mass is 9.87. The van der Waals surface area contributed by atoms with Crippen LogP contribution in [0.25, 0.3) is 5.52 Å². The summed E-state index contributed by atoms with van der Waals surface area (Å²) >= 11 is 6.22. The summed E-state index contributed by atoms with van der Waals surface area (Å²) in [4.78, 5) is 23.7. The molecule has 2 aliphatic rings. The predicted molar refractivity (Wildman–Crippen MR) is 100 cm³/mol. The van der Waals surface area contributed by atoms with Gasteiger partial charge in [-0.05, 0) is 31.2 Å². The first kappa shape index (κ1) is 16.6. The standard InChI is InChI=1S/C20H19ClN4O2/c21-17-16-12-23-18(24(16)11-10-22-17)20-8-6-15(7-9-20)25(20)19(26)27-13-14-4-2-1-3-5-14/h1-5,10-12,15H,6-9,13H2. The number of carbonyl (C=O) groups is 1. The maximum absolute atomic E-state index is 13.0. The average molecular weight is 383 g/mol. The Hall–Kier alpha value is -2.60. The Balaban J connectivity index is 1.47. The molecule has 3 aromatic rings. The minimum atomic E-state index is -0.435. The lowest BCUT2D eigenvalue weighted by molar-refractivity contribution is 0.0649. The van der Waals surface area contributed by atoms with Crippen LogP contribution in [-0.4, -0.2) is 31.4 Å². The fourth-order valence-corrected chi connectivity index (χ4v) is 4.81. The minimum Gasteiger partial charge on any atom is -0.445 e. The van der Waals surface area contributed by atoms with Gasteiger partial charge in [0.15, 0.2) is 5.15 Å². The van der Waals surface area contributed by atoms with Gasteiger partial charge in [-0.25, -0.2) is 14.8 Å². The van der Waals surface area contributed by atoms with Gasteiger partial charge in [-0.1, -0.05) is 41.9 Å². The number of ether oxygens (including phenoxy) is 1. The van der Waals surface area contributed by atoms with Gasteiger partial charge in [0.2, 0.25) is 0 Å². The molecule has 2 aliphatic heterocycles. The van der Waals surface area contributed by atoms with E-state index < -0.39 is 5.54 Å². The Morgan fingerprint density at radius 3 is 2.78 bits per heavy atom. The molecule has 5 rings (SSSR count). The van der Waals surface area contributed by atoms with Crippen molar-refractivity contribution in [3.05, 3.63) is 65.5 Å². The van der Waals surface area contributed by atoms with E-state index >= 15 is 0 Å². The second-order valence-electron chi connectivity index (χ2n) is 7.23. The summed E-state index contributed by atoms with van der Waals surface area (Å²) in [6, 6.07) is 9.96. The Kier molecular flexibility index (Phi) is 3.82. The monoisotopic (exact) mass is 382 g/mol. The van der Waals surface area contributed by atoms with Crippen LogP contribution >= 0.6 is 11.6 Å². The topological polar surface area (TPSA) is 59.7 Å². The van der Waals surface area contributed by atoms with Crippen LogP contribution < -0.4 is 0 Å². The molecule has 2 bridgehead atoms. The summed E-state index contributed by atoms with van der Waals surface area (Å²) in [5.74, 6) is 0.846. The normalized spacial score (nSPS) is 23.9. The first-order chi connectivity index (χ1) is 13.2. The third kappa shape index (κ3) is 2.51. The van der Waals surface area contributed by atoms with Crippen molar-refractivity contribution in [2.24, 2.45) is 0 Å². The van der Waals surface area contributed by atoms with Crippen LogP contribution in [0.3, 0.4) is 0 Å². The van der Waals surface area contributed by atoms with Crippen LogP contribution in [0.1, 0.15) is 37.1 Å². The number of hydrogen-bond acceptors (Lipinski definition) is 4. The Morgan fingerprint density at radius 1 is 1.22 bits per heavy atom. The van der Waals surface area contributed by atoms with E-state index in [1.54, 1.807) is 12.4 Å². The lowest BCUT2D eigenvalue weighted by Gasteiger charge is -2.33. The number of halogens is 1. The van der Waals surface area contributed by atoms with E-state index in [-0.39, 0.29) is 18.7 Å². The molecule has 1 aromatic carbocycles. The highest BCUT2D eigenvalue weighted by Crippen LogP contribution is 2.52. The van der Waals surface area contributed by atoms with Crippen molar-refractivity contribution in [2.45, 2.75) is 43.9 Å². The summed E-state index contributed by atoms with van der Waals surface area (Å²) in [6.45, 7) is 0.275. The highest BCUT2D eigenvalue weighted by atomic mass is 35.5. The molecule has 0 spiro atoms. The van der Waals surface area contributed by atoms with Crippen molar-refractivity contribution in [3.63, 3.8) is 0 Å². The summed E-state index contributed by atoms with van der Waals surface area (Å²) in [5, 5.41) is 0.415. The van der Waals surface area contributed by atoms with E-state index in [9.17, 15) is 4.79 Å². The van der Waals surface area contributed by atoms with Crippen molar-refractivity contribution in [2.75, 3.05) is 0 Å². The zero-order valence-electron chi connectivity index (χ0n) is 14.7. The number of fused-ring (bicyclic) bond motifs is 3. The van der Waals surface area contributed by atoms with Crippen molar-refractivity contribution in [1.82, 2.24) is 19.3 Å². The molecule has 1 amide bonds. The molecule has 138 valence electrons. The van der Waals surface area contributed by atoms with Gasteiger partial charge >= 0.3 is 6.09 Å². The third-order valence-electron chi connectivity index (χ3n) is 5.84. The first-order valence-corrected chi connectivity index (χ1v) is 9.55. The SMILES string of the molecule is O=C(OCc1ccccc1)N1C2CCC1(c1ncc3c(Cl)nccn13)CC2. The second-order valence-corrected chi connectivity index (χ2v) is 7.59. The van der Waals surface area contributed by atoms with Gasteiger partial charge in [0, 0.05) is 18.4 Å². The fourth-order valence-electron chi connectivity index (χ4n) is 4.61. The van der Waals surface area contributed by atoms with Gasteiger partial charge in [0.1, 0.15) is 23.5 Å². The van der Waals surface area contributed by atoms with E-state index in [0.29, 0.717) is 5.15 Å². The molecular formula is C20H19ClN4O2. The number of aromatic nitrogens is 3. The number of rotatable bonds is 3. The molecule has 27 heavy (non-hydrogen) atoms. The van der Waals surface area contributed by atoms with Crippen molar-refractivity contribution in [1.29, 1.82) is 0 Å². The van der Waals surface area contributed by atoms with E-state index in [1.807, 2.05) is 45.8 Å². The highest BCUT2D eigenvalue weighted by Gasteiger charge is 2.57. The highest BCUT2D eigenvalue weighted by molar-refractivity contribution is 6.32. The smallest absolute Gasteiger partial charge is 0.411 e. The van der Waals surface area contributed by atoms with Crippen LogP contribution in [0.15, 0.2) is 48.9 Å². The van der Waals surface area contributed by atoms with Gasteiger partial charge in [0.25, 0.3) is 0 Å². The van der Waals surface area contributed by atoms with E-state index in [0.717, 1.165) is 42.6 Å². The Labute approximate surface area is 161 Å². The molecule has 0 radical (unpaired) electrons.